The van der Waals surface area contributed by atoms with Crippen molar-refractivity contribution in [1.82, 2.24) is 5.43 Å². The van der Waals surface area contributed by atoms with Gasteiger partial charge in [0, 0.05) is 10.0 Å². The van der Waals surface area contributed by atoms with Gasteiger partial charge in [0.15, 0.2) is 6.61 Å². The molecule has 3 aromatic carbocycles. The number of hydrogen-bond acceptors (Lipinski definition) is 3. The van der Waals surface area contributed by atoms with Crippen LogP contribution < -0.4 is 10.2 Å². The summed E-state index contributed by atoms with van der Waals surface area (Å²) in [5.41, 5.74) is 2.92. The molecule has 1 N–H and O–H groups in total. The zero-order valence-electron chi connectivity index (χ0n) is 13.7. The van der Waals surface area contributed by atoms with Gasteiger partial charge in [-0.25, -0.2) is 5.43 Å². The van der Waals surface area contributed by atoms with Gasteiger partial charge in [0.2, 0.25) is 0 Å². The molecule has 0 unspecified atom stereocenters. The number of benzene rings is 3. The van der Waals surface area contributed by atoms with E-state index in [1.54, 1.807) is 24.3 Å². The second-order valence-electron chi connectivity index (χ2n) is 5.46. The van der Waals surface area contributed by atoms with Gasteiger partial charge in [-0.1, -0.05) is 57.3 Å². The summed E-state index contributed by atoms with van der Waals surface area (Å²) in [6, 6.07) is 14.8. The van der Waals surface area contributed by atoms with Crippen molar-refractivity contribution in [2.45, 2.75) is 0 Å². The Morgan fingerprint density at radius 2 is 1.85 bits per heavy atom. The van der Waals surface area contributed by atoms with Gasteiger partial charge in [-0.15, -0.1) is 0 Å². The predicted molar refractivity (Wildman–Crippen MR) is 117 cm³/mol. The van der Waals surface area contributed by atoms with Crippen molar-refractivity contribution < 1.29 is 9.53 Å². The lowest BCUT2D eigenvalue weighted by atomic mass is 10.1. The molecule has 27 heavy (non-hydrogen) atoms. The monoisotopic (exact) mass is 528 g/mol. The number of nitrogens with one attached hydrogen (secondary N) is 1. The number of ether oxygens (including phenoxy) is 1. The van der Waals surface area contributed by atoms with Gasteiger partial charge in [0.25, 0.3) is 5.91 Å². The molecule has 1 amide bonds. The number of halogens is 4. The fourth-order valence-corrected chi connectivity index (χ4v) is 3.81. The molecule has 3 rings (SSSR count). The van der Waals surface area contributed by atoms with Gasteiger partial charge >= 0.3 is 0 Å². The maximum Gasteiger partial charge on any atom is 0.277 e. The second-order valence-corrected chi connectivity index (χ2v) is 7.98. The van der Waals surface area contributed by atoms with Crippen molar-refractivity contribution in [2.24, 2.45) is 5.10 Å². The molecule has 0 radical (unpaired) electrons. The minimum absolute atomic E-state index is 0.186. The number of carbonyl (C=O) groups is 1. The Kier molecular flexibility index (Phi) is 6.76. The van der Waals surface area contributed by atoms with E-state index in [1.807, 2.05) is 24.3 Å². The third kappa shape index (κ3) is 5.02. The molecule has 0 aromatic heterocycles. The molecular formula is C19H12Br2Cl2N2O2. The van der Waals surface area contributed by atoms with E-state index in [9.17, 15) is 4.79 Å². The molecule has 0 aliphatic rings. The molecule has 0 fully saturated rings. The molecule has 0 saturated heterocycles. The Bertz CT molecular complexity index is 1020. The number of amides is 1. The molecule has 0 bridgehead atoms. The Hall–Kier alpha value is -1.60. The fraction of sp³-hybridized carbons (Fsp3) is 0.0526. The Morgan fingerprint density at radius 3 is 2.59 bits per heavy atom. The van der Waals surface area contributed by atoms with E-state index in [1.165, 1.54) is 6.21 Å². The van der Waals surface area contributed by atoms with Gasteiger partial charge < -0.3 is 4.74 Å². The van der Waals surface area contributed by atoms with E-state index >= 15 is 0 Å². The van der Waals surface area contributed by atoms with Crippen molar-refractivity contribution in [1.29, 1.82) is 0 Å². The lowest BCUT2D eigenvalue weighted by Crippen LogP contribution is -2.24. The molecule has 0 atom stereocenters. The van der Waals surface area contributed by atoms with E-state index in [0.29, 0.717) is 21.4 Å². The average molecular weight is 531 g/mol. The quantitative estimate of drug-likeness (QED) is 0.315. The van der Waals surface area contributed by atoms with Crippen LogP contribution in [0.15, 0.2) is 62.6 Å². The summed E-state index contributed by atoms with van der Waals surface area (Å²) < 4.78 is 7.37. The van der Waals surface area contributed by atoms with Gasteiger partial charge in [0.05, 0.1) is 20.7 Å². The highest BCUT2D eigenvalue weighted by Crippen LogP contribution is 2.34. The van der Waals surface area contributed by atoms with Crippen molar-refractivity contribution >= 4 is 78.0 Å². The smallest absolute Gasteiger partial charge is 0.277 e. The third-order valence-electron chi connectivity index (χ3n) is 3.62. The van der Waals surface area contributed by atoms with Gasteiger partial charge in [-0.05, 0) is 57.0 Å². The third-order valence-corrected chi connectivity index (χ3v) is 5.59. The molecule has 0 aliphatic heterocycles. The first-order valence-electron chi connectivity index (χ1n) is 7.72. The van der Waals surface area contributed by atoms with Crippen LogP contribution in [0.25, 0.3) is 10.8 Å². The first kappa shape index (κ1) is 20.1. The van der Waals surface area contributed by atoms with Crippen LogP contribution in [0.4, 0.5) is 0 Å². The Morgan fingerprint density at radius 1 is 1.11 bits per heavy atom. The topological polar surface area (TPSA) is 50.7 Å². The van der Waals surface area contributed by atoms with Gasteiger partial charge in [-0.2, -0.15) is 5.10 Å². The van der Waals surface area contributed by atoms with Crippen LogP contribution in [0.3, 0.4) is 0 Å². The lowest BCUT2D eigenvalue weighted by molar-refractivity contribution is -0.123. The van der Waals surface area contributed by atoms with E-state index < -0.39 is 5.91 Å². The maximum absolute atomic E-state index is 12.0. The summed E-state index contributed by atoms with van der Waals surface area (Å²) in [4.78, 5) is 12.0. The van der Waals surface area contributed by atoms with E-state index in [4.69, 9.17) is 27.9 Å². The summed E-state index contributed by atoms with van der Waals surface area (Å²) in [5.74, 6) is 0.162. The van der Waals surface area contributed by atoms with Crippen LogP contribution in [-0.2, 0) is 4.79 Å². The van der Waals surface area contributed by atoms with E-state index in [-0.39, 0.29) is 6.61 Å². The summed E-state index contributed by atoms with van der Waals surface area (Å²) in [6.45, 7) is -0.186. The van der Waals surface area contributed by atoms with Crippen LogP contribution in [0, 0.1) is 0 Å². The van der Waals surface area contributed by atoms with Crippen molar-refractivity contribution in [3.8, 4) is 5.75 Å². The molecule has 138 valence electrons. The van der Waals surface area contributed by atoms with Crippen LogP contribution in [0.5, 0.6) is 5.75 Å². The summed E-state index contributed by atoms with van der Waals surface area (Å²) >= 11 is 19.0. The number of rotatable bonds is 5. The lowest BCUT2D eigenvalue weighted by Gasteiger charge is -2.10. The van der Waals surface area contributed by atoms with Crippen LogP contribution >= 0.6 is 55.1 Å². The molecule has 3 aromatic rings. The van der Waals surface area contributed by atoms with Gasteiger partial charge in [0.1, 0.15) is 5.75 Å². The minimum Gasteiger partial charge on any atom is -0.483 e. The zero-order valence-corrected chi connectivity index (χ0v) is 18.4. The predicted octanol–water partition coefficient (Wildman–Crippen LogP) is 6.20. The van der Waals surface area contributed by atoms with Crippen molar-refractivity contribution in [3.63, 3.8) is 0 Å². The number of fused-ring (bicyclic) bond motifs is 1. The highest BCUT2D eigenvalue weighted by Gasteiger charge is 2.09. The summed E-state index contributed by atoms with van der Waals surface area (Å²) in [7, 11) is 0. The highest BCUT2D eigenvalue weighted by molar-refractivity contribution is 9.11. The van der Waals surface area contributed by atoms with Crippen molar-refractivity contribution in [3.05, 3.63) is 73.1 Å². The molecule has 0 aliphatic carbocycles. The number of nitrogens with zero attached hydrogens (tertiary/aromatic N) is 1. The zero-order chi connectivity index (χ0) is 19.4. The minimum atomic E-state index is -0.405. The fourth-order valence-electron chi connectivity index (χ4n) is 2.33. The number of hydrazone groups is 1. The Balaban J connectivity index is 1.62. The number of carbonyl (C=O) groups excluding carboxylic acids is 1. The van der Waals surface area contributed by atoms with Gasteiger partial charge in [-0.3, -0.25) is 4.79 Å². The Labute approximate surface area is 182 Å². The summed E-state index contributed by atoms with van der Waals surface area (Å²) in [5, 5.41) is 6.80. The first-order chi connectivity index (χ1) is 13.0. The average Bonchev–Trinajstić information content (AvgIpc) is 2.63. The molecule has 0 heterocycles. The normalized spacial score (nSPS) is 11.1. The SMILES string of the molecule is O=C(COc1ccc2cc(Br)ccc2c1Br)N/N=C/c1c(Cl)cccc1Cl. The molecule has 8 heteroatoms. The van der Waals surface area contributed by atoms with Crippen LogP contribution in [0.1, 0.15) is 5.56 Å². The second kappa shape index (κ2) is 9.06. The maximum atomic E-state index is 12.0. The molecular weight excluding hydrogens is 519 g/mol. The van der Waals surface area contributed by atoms with Crippen LogP contribution in [0.2, 0.25) is 10.0 Å². The molecule has 0 spiro atoms. The highest BCUT2D eigenvalue weighted by atomic mass is 79.9. The largest absolute Gasteiger partial charge is 0.483 e. The standard InChI is InChI=1S/C19H12Br2Cl2N2O2/c20-12-5-6-13-11(8-12)4-7-17(19(13)21)27-10-18(26)25-24-9-14-15(22)2-1-3-16(14)23/h1-9H,10H2,(H,25,26)/b24-9+. The summed E-state index contributed by atoms with van der Waals surface area (Å²) in [6.07, 6.45) is 1.40. The van der Waals surface area contributed by atoms with Crippen molar-refractivity contribution in [2.75, 3.05) is 6.61 Å². The van der Waals surface area contributed by atoms with E-state index in [2.05, 4.69) is 42.4 Å². The molecule has 4 nitrogen and oxygen atoms in total. The van der Waals surface area contributed by atoms with Crippen LogP contribution in [-0.4, -0.2) is 18.7 Å². The number of hydrogen-bond donors (Lipinski definition) is 1. The van der Waals surface area contributed by atoms with E-state index in [0.717, 1.165) is 19.7 Å². The molecule has 0 saturated carbocycles. The first-order valence-corrected chi connectivity index (χ1v) is 10.1.